The minimum absolute atomic E-state index is 0.431. The molecule has 1 fully saturated rings. The number of thiophene rings is 1. The molecule has 4 heterocycles. The molecule has 0 spiro atoms. The highest BCUT2D eigenvalue weighted by Crippen LogP contribution is 2.46. The molecule has 1 aliphatic carbocycles. The number of anilines is 1. The van der Waals surface area contributed by atoms with Gasteiger partial charge < -0.3 is 19.6 Å². The van der Waals surface area contributed by atoms with Crippen LogP contribution in [-0.4, -0.2) is 43.5 Å². The maximum absolute atomic E-state index is 12.8. The number of ether oxygens (including phenoxy) is 1. The Morgan fingerprint density at radius 3 is 2.90 bits per heavy atom. The van der Waals surface area contributed by atoms with E-state index in [1.807, 2.05) is 17.8 Å². The van der Waals surface area contributed by atoms with Crippen LogP contribution in [0.15, 0.2) is 28.9 Å². The fourth-order valence-corrected chi connectivity index (χ4v) is 6.46. The third-order valence-corrected chi connectivity index (χ3v) is 8.67. The van der Waals surface area contributed by atoms with E-state index in [4.69, 9.17) is 15.5 Å². The lowest BCUT2D eigenvalue weighted by atomic mass is 9.79. The lowest BCUT2D eigenvalue weighted by Gasteiger charge is -2.27. The van der Waals surface area contributed by atoms with Crippen molar-refractivity contribution in [3.63, 3.8) is 0 Å². The maximum Gasteiger partial charge on any atom is 0.232 e. The van der Waals surface area contributed by atoms with Crippen molar-refractivity contribution in [3.05, 3.63) is 30.2 Å². The van der Waals surface area contributed by atoms with Crippen molar-refractivity contribution in [2.45, 2.75) is 29.4 Å². The number of methoxy groups -OCH3 is 1. The van der Waals surface area contributed by atoms with Crippen molar-refractivity contribution >= 4 is 49.6 Å². The van der Waals surface area contributed by atoms with Gasteiger partial charge in [-0.2, -0.15) is 0 Å². The number of hydrogen-bond donors (Lipinski definition) is 1. The molecule has 1 saturated carbocycles. The summed E-state index contributed by atoms with van der Waals surface area (Å²) < 4.78 is 20.5. The molecule has 7 nitrogen and oxygen atoms in total. The fourth-order valence-electron chi connectivity index (χ4n) is 3.89. The first kappa shape index (κ1) is 19.7. The number of aryl methyl sites for hydroxylation is 1. The highest BCUT2D eigenvalue weighted by Gasteiger charge is 2.29. The molecular weight excluding hydrogens is 418 g/mol. The second kappa shape index (κ2) is 7.81. The van der Waals surface area contributed by atoms with Gasteiger partial charge in [0.05, 0.1) is 24.1 Å². The molecule has 0 amide bonds. The zero-order valence-electron chi connectivity index (χ0n) is 16.9. The van der Waals surface area contributed by atoms with E-state index in [0.29, 0.717) is 28.2 Å². The van der Waals surface area contributed by atoms with Crippen LogP contribution in [0, 0.1) is 0 Å². The highest BCUT2D eigenvalue weighted by molar-refractivity contribution is 7.93. The molecule has 4 aromatic heterocycles. The predicted molar refractivity (Wildman–Crippen MR) is 121 cm³/mol. The van der Waals surface area contributed by atoms with Gasteiger partial charge in [-0.25, -0.2) is 15.0 Å². The molecule has 0 bridgehead atoms. The van der Waals surface area contributed by atoms with E-state index in [1.165, 1.54) is 23.3 Å². The molecule has 0 aromatic carbocycles. The molecule has 1 aliphatic rings. The average molecular weight is 442 g/mol. The number of aromatic nitrogens is 4. The Bertz CT molecular complexity index is 1230. The summed E-state index contributed by atoms with van der Waals surface area (Å²) in [7, 11) is 3.57. The van der Waals surface area contributed by atoms with Crippen molar-refractivity contribution in [2.24, 2.45) is 7.05 Å². The summed E-state index contributed by atoms with van der Waals surface area (Å²) in [6.45, 7) is 0.435. The van der Waals surface area contributed by atoms with Crippen LogP contribution in [0.1, 0.15) is 30.7 Å². The van der Waals surface area contributed by atoms with Crippen molar-refractivity contribution in [2.75, 3.05) is 25.2 Å². The summed E-state index contributed by atoms with van der Waals surface area (Å²) in [5.74, 6) is 0.903. The average Bonchev–Trinajstić information content (AvgIpc) is 3.24. The number of pyridine rings is 2. The Labute approximate surface area is 181 Å². The number of nitrogen functional groups attached to an aromatic ring is 1. The van der Waals surface area contributed by atoms with Crippen LogP contribution in [0.2, 0.25) is 0 Å². The van der Waals surface area contributed by atoms with Crippen LogP contribution in [0.5, 0.6) is 0 Å². The Hall–Kier alpha value is -2.20. The standard InChI is InChI=1S/C21H23N5O2S2/c1-26-11-24-19-16(26)8-13(10-23-19)15-9-14(12-4-3-5-12)17-18(22)21(29-20(17)25-15)30(27)7-6-28-2/h8-12H,3-7,22H2,1-2H3/t30-/m1/s1. The normalized spacial score (nSPS) is 15.7. The van der Waals surface area contributed by atoms with E-state index in [9.17, 15) is 4.55 Å². The monoisotopic (exact) mass is 441 g/mol. The first-order valence-electron chi connectivity index (χ1n) is 9.94. The van der Waals surface area contributed by atoms with Crippen molar-refractivity contribution in [1.82, 2.24) is 19.5 Å². The number of fused-ring (bicyclic) bond motifs is 2. The largest absolute Gasteiger partial charge is 0.611 e. The summed E-state index contributed by atoms with van der Waals surface area (Å²) in [5, 5.41) is 0.976. The second-order valence-corrected chi connectivity index (χ2v) is 10.4. The molecule has 156 valence electrons. The third kappa shape index (κ3) is 3.26. The SMILES string of the molecule is COCC[S@@+]([O-])c1sc2nc(-c3cnc4ncn(C)c4c3)cc(C3CCC3)c2c1N. The van der Waals surface area contributed by atoms with Crippen LogP contribution in [0.3, 0.4) is 0 Å². The third-order valence-electron chi connectivity index (χ3n) is 5.80. The van der Waals surface area contributed by atoms with E-state index in [1.54, 1.807) is 13.4 Å². The summed E-state index contributed by atoms with van der Waals surface area (Å²) in [5.41, 5.74) is 11.8. The van der Waals surface area contributed by atoms with Gasteiger partial charge in [0, 0.05) is 42.5 Å². The molecule has 30 heavy (non-hydrogen) atoms. The van der Waals surface area contributed by atoms with Crippen molar-refractivity contribution in [1.29, 1.82) is 0 Å². The van der Waals surface area contributed by atoms with Crippen LogP contribution >= 0.6 is 11.3 Å². The van der Waals surface area contributed by atoms with Gasteiger partial charge in [0.2, 0.25) is 4.21 Å². The number of nitrogens with two attached hydrogens (primary N) is 1. The second-order valence-electron chi connectivity index (χ2n) is 7.67. The maximum atomic E-state index is 12.8. The van der Waals surface area contributed by atoms with E-state index >= 15 is 0 Å². The Balaban J connectivity index is 1.66. The molecule has 0 unspecified atom stereocenters. The molecule has 1 atom stereocenters. The minimum atomic E-state index is -1.20. The molecule has 0 radical (unpaired) electrons. The molecule has 0 aliphatic heterocycles. The molecule has 2 N–H and O–H groups in total. The predicted octanol–water partition coefficient (Wildman–Crippen LogP) is 3.85. The van der Waals surface area contributed by atoms with Gasteiger partial charge >= 0.3 is 0 Å². The number of imidazole rings is 1. The number of hydrogen-bond acceptors (Lipinski definition) is 7. The van der Waals surface area contributed by atoms with Gasteiger partial charge in [-0.05, 0) is 36.5 Å². The van der Waals surface area contributed by atoms with E-state index in [0.717, 1.165) is 45.5 Å². The van der Waals surface area contributed by atoms with Crippen molar-refractivity contribution in [3.8, 4) is 11.3 Å². The van der Waals surface area contributed by atoms with Gasteiger partial charge in [-0.15, -0.1) is 0 Å². The molecule has 0 saturated heterocycles. The van der Waals surface area contributed by atoms with E-state index in [2.05, 4.69) is 22.1 Å². The minimum Gasteiger partial charge on any atom is -0.611 e. The molecule has 9 heteroatoms. The quantitative estimate of drug-likeness (QED) is 0.456. The number of rotatable bonds is 6. The first-order valence-corrected chi connectivity index (χ1v) is 12.1. The highest BCUT2D eigenvalue weighted by atomic mass is 32.2. The number of nitrogens with zero attached hydrogens (tertiary/aromatic N) is 4. The van der Waals surface area contributed by atoms with Gasteiger partial charge in [0.25, 0.3) is 0 Å². The van der Waals surface area contributed by atoms with Crippen LogP contribution in [-0.2, 0) is 23.0 Å². The van der Waals surface area contributed by atoms with E-state index in [-0.39, 0.29) is 0 Å². The lowest BCUT2D eigenvalue weighted by molar-refractivity contribution is 0.217. The topological polar surface area (TPSA) is 102 Å². The fraction of sp³-hybridized carbons (Fsp3) is 0.381. The van der Waals surface area contributed by atoms with Gasteiger partial charge in [-0.1, -0.05) is 17.8 Å². The van der Waals surface area contributed by atoms with Crippen LogP contribution in [0.4, 0.5) is 5.69 Å². The van der Waals surface area contributed by atoms with Gasteiger partial charge in [-0.3, -0.25) is 0 Å². The smallest absolute Gasteiger partial charge is 0.232 e. The molecule has 5 rings (SSSR count). The van der Waals surface area contributed by atoms with Crippen LogP contribution in [0.25, 0.3) is 32.6 Å². The summed E-state index contributed by atoms with van der Waals surface area (Å²) in [4.78, 5) is 14.6. The Kier molecular flexibility index (Phi) is 5.14. The zero-order valence-corrected chi connectivity index (χ0v) is 18.6. The summed E-state index contributed by atoms with van der Waals surface area (Å²) >= 11 is 0.240. The first-order chi connectivity index (χ1) is 14.6. The molecule has 4 aromatic rings. The van der Waals surface area contributed by atoms with E-state index < -0.39 is 11.2 Å². The van der Waals surface area contributed by atoms with Gasteiger partial charge in [0.15, 0.2) is 5.65 Å². The lowest BCUT2D eigenvalue weighted by Crippen LogP contribution is -2.12. The summed E-state index contributed by atoms with van der Waals surface area (Å²) in [6.07, 6.45) is 7.11. The summed E-state index contributed by atoms with van der Waals surface area (Å²) in [6, 6.07) is 4.22. The zero-order chi connectivity index (χ0) is 20.8. The van der Waals surface area contributed by atoms with Gasteiger partial charge in [0.1, 0.15) is 16.3 Å². The Morgan fingerprint density at radius 2 is 2.17 bits per heavy atom. The van der Waals surface area contributed by atoms with Crippen LogP contribution < -0.4 is 5.73 Å². The Morgan fingerprint density at radius 1 is 1.33 bits per heavy atom. The molecular formula is C21H23N5O2S2. The van der Waals surface area contributed by atoms with Crippen molar-refractivity contribution < 1.29 is 9.29 Å².